The first-order valence-corrected chi connectivity index (χ1v) is 9.88. The molecule has 0 unspecified atom stereocenters. The van der Waals surface area contributed by atoms with Gasteiger partial charge in [-0.05, 0) is 79.4 Å². The number of aromatic hydroxyl groups is 2. The van der Waals surface area contributed by atoms with Gasteiger partial charge in [0.05, 0.1) is 29.6 Å². The van der Waals surface area contributed by atoms with Crippen LogP contribution in [0.4, 0.5) is 0 Å². The van der Waals surface area contributed by atoms with E-state index in [0.29, 0.717) is 20.1 Å². The molecule has 2 aromatic rings. The summed E-state index contributed by atoms with van der Waals surface area (Å²) in [7, 11) is 2.85. The Morgan fingerprint density at radius 3 is 1.55 bits per heavy atom. The minimum Gasteiger partial charge on any atom is -0.503 e. The zero-order valence-corrected chi connectivity index (χ0v) is 18.8. The Morgan fingerprint density at radius 1 is 0.828 bits per heavy atom. The van der Waals surface area contributed by atoms with Gasteiger partial charge in [0.1, 0.15) is 0 Å². The first-order chi connectivity index (χ1) is 13.7. The zero-order valence-electron chi connectivity index (χ0n) is 15.6. The lowest BCUT2D eigenvalue weighted by atomic mass is 10.1. The number of ketones is 2. The molecule has 0 radical (unpaired) electrons. The van der Waals surface area contributed by atoms with Crippen molar-refractivity contribution in [1.29, 1.82) is 0 Å². The SMILES string of the molecule is COc1cc(C=CC(=O)CC(=O)C=Cc2cc(Br)c(O)c(OC)c2)cc(Br)c1O. The molecule has 29 heavy (non-hydrogen) atoms. The van der Waals surface area contributed by atoms with E-state index in [1.54, 1.807) is 24.3 Å². The van der Waals surface area contributed by atoms with Gasteiger partial charge in [0.2, 0.25) is 0 Å². The minimum absolute atomic E-state index is 0.0335. The fourth-order valence-electron chi connectivity index (χ4n) is 2.36. The Kier molecular flexibility index (Phi) is 8.04. The average molecular weight is 526 g/mol. The van der Waals surface area contributed by atoms with Crippen LogP contribution in [0.2, 0.25) is 0 Å². The molecule has 0 aliphatic carbocycles. The zero-order chi connectivity index (χ0) is 21.6. The van der Waals surface area contributed by atoms with E-state index in [-0.39, 0.29) is 41.0 Å². The standard InChI is InChI=1S/C21H18Br2O6/c1-28-18-9-12(7-16(22)20(18)26)3-5-14(24)11-15(25)6-4-13-8-17(23)21(27)19(10-13)29-2/h3-10,26-27H,11H2,1-2H3. The van der Waals surface area contributed by atoms with Gasteiger partial charge in [-0.1, -0.05) is 12.2 Å². The third kappa shape index (κ3) is 6.20. The fraction of sp³-hybridized carbons (Fsp3) is 0.143. The van der Waals surface area contributed by atoms with E-state index in [1.165, 1.54) is 38.5 Å². The molecule has 0 fully saturated rings. The summed E-state index contributed by atoms with van der Waals surface area (Å²) in [5.41, 5.74) is 1.26. The average Bonchev–Trinajstić information content (AvgIpc) is 2.69. The molecule has 0 aliphatic rings. The van der Waals surface area contributed by atoms with E-state index in [4.69, 9.17) is 9.47 Å². The van der Waals surface area contributed by atoms with Crippen molar-refractivity contribution in [2.24, 2.45) is 0 Å². The monoisotopic (exact) mass is 524 g/mol. The van der Waals surface area contributed by atoms with Crippen LogP contribution >= 0.6 is 31.9 Å². The molecule has 0 aromatic heterocycles. The van der Waals surface area contributed by atoms with Gasteiger partial charge in [-0.25, -0.2) is 0 Å². The van der Waals surface area contributed by atoms with Crippen molar-refractivity contribution in [2.45, 2.75) is 6.42 Å². The summed E-state index contributed by atoms with van der Waals surface area (Å²) in [5, 5.41) is 19.6. The number of ether oxygens (including phenoxy) is 2. The molecule has 0 aliphatic heterocycles. The predicted octanol–water partition coefficient (Wildman–Crippen LogP) is 4.89. The first kappa shape index (κ1) is 22.7. The van der Waals surface area contributed by atoms with Crippen molar-refractivity contribution < 1.29 is 29.3 Å². The Bertz CT molecular complexity index is 916. The molecular formula is C21H18Br2O6. The molecule has 0 saturated carbocycles. The van der Waals surface area contributed by atoms with Crippen LogP contribution in [0, 0.1) is 0 Å². The second kappa shape index (κ2) is 10.3. The van der Waals surface area contributed by atoms with Gasteiger partial charge in [-0.3, -0.25) is 9.59 Å². The van der Waals surface area contributed by atoms with E-state index in [9.17, 15) is 19.8 Å². The van der Waals surface area contributed by atoms with Crippen molar-refractivity contribution in [3.63, 3.8) is 0 Å². The van der Waals surface area contributed by atoms with Gasteiger partial charge in [-0.2, -0.15) is 0 Å². The molecule has 0 saturated heterocycles. The number of hydrogen-bond acceptors (Lipinski definition) is 6. The van der Waals surface area contributed by atoms with Gasteiger partial charge in [0.25, 0.3) is 0 Å². The smallest absolute Gasteiger partial charge is 0.172 e. The third-order valence-electron chi connectivity index (χ3n) is 3.81. The van der Waals surface area contributed by atoms with E-state index in [2.05, 4.69) is 31.9 Å². The van der Waals surface area contributed by atoms with Crippen LogP contribution in [0.3, 0.4) is 0 Å². The van der Waals surface area contributed by atoms with Gasteiger partial charge < -0.3 is 19.7 Å². The lowest BCUT2D eigenvalue weighted by Crippen LogP contribution is -2.02. The number of phenols is 2. The molecule has 2 rings (SSSR count). The van der Waals surface area contributed by atoms with E-state index < -0.39 is 0 Å². The topological polar surface area (TPSA) is 93.1 Å². The molecule has 0 atom stereocenters. The molecule has 152 valence electrons. The van der Waals surface area contributed by atoms with Crippen molar-refractivity contribution in [3.05, 3.63) is 56.5 Å². The maximum Gasteiger partial charge on any atom is 0.172 e. The highest BCUT2D eigenvalue weighted by Crippen LogP contribution is 2.36. The summed E-state index contributed by atoms with van der Waals surface area (Å²) < 4.78 is 11.0. The molecule has 2 aromatic carbocycles. The van der Waals surface area contributed by atoms with E-state index >= 15 is 0 Å². The van der Waals surface area contributed by atoms with Crippen molar-refractivity contribution in [1.82, 2.24) is 0 Å². The number of allylic oxidation sites excluding steroid dienone is 2. The number of methoxy groups -OCH3 is 2. The lowest BCUT2D eigenvalue weighted by molar-refractivity contribution is -0.121. The number of carbonyl (C=O) groups excluding carboxylic acids is 2. The predicted molar refractivity (Wildman–Crippen MR) is 117 cm³/mol. The highest BCUT2D eigenvalue weighted by atomic mass is 79.9. The fourth-order valence-corrected chi connectivity index (χ4v) is 3.28. The Morgan fingerprint density at radius 2 is 1.21 bits per heavy atom. The summed E-state index contributed by atoms with van der Waals surface area (Å²) in [5.74, 6) is -0.274. The van der Waals surface area contributed by atoms with Crippen LogP contribution in [0.1, 0.15) is 17.5 Å². The van der Waals surface area contributed by atoms with Crippen LogP contribution < -0.4 is 9.47 Å². The second-order valence-electron chi connectivity index (χ2n) is 5.88. The Balaban J connectivity index is 2.03. The van der Waals surface area contributed by atoms with Crippen LogP contribution in [0.15, 0.2) is 45.4 Å². The molecule has 2 N–H and O–H groups in total. The molecular weight excluding hydrogens is 508 g/mol. The maximum atomic E-state index is 12.0. The quantitative estimate of drug-likeness (QED) is 0.376. The van der Waals surface area contributed by atoms with Gasteiger partial charge in [0, 0.05) is 0 Å². The van der Waals surface area contributed by atoms with Crippen LogP contribution in [0.25, 0.3) is 12.2 Å². The number of carbonyl (C=O) groups is 2. The highest BCUT2D eigenvalue weighted by Gasteiger charge is 2.09. The van der Waals surface area contributed by atoms with Gasteiger partial charge in [0.15, 0.2) is 34.6 Å². The molecule has 8 heteroatoms. The number of hydrogen-bond donors (Lipinski definition) is 2. The van der Waals surface area contributed by atoms with Crippen molar-refractivity contribution >= 4 is 55.6 Å². The highest BCUT2D eigenvalue weighted by molar-refractivity contribution is 9.10. The van der Waals surface area contributed by atoms with Crippen LogP contribution in [-0.2, 0) is 9.59 Å². The molecule has 0 amide bonds. The Hall–Kier alpha value is -2.58. The molecule has 0 bridgehead atoms. The second-order valence-corrected chi connectivity index (χ2v) is 7.59. The normalized spacial score (nSPS) is 11.2. The number of benzene rings is 2. The first-order valence-electron chi connectivity index (χ1n) is 8.30. The Labute approximate surface area is 184 Å². The largest absolute Gasteiger partial charge is 0.503 e. The summed E-state index contributed by atoms with van der Waals surface area (Å²) in [6.45, 7) is 0. The molecule has 6 nitrogen and oxygen atoms in total. The van der Waals surface area contributed by atoms with Crippen molar-refractivity contribution in [3.8, 4) is 23.0 Å². The van der Waals surface area contributed by atoms with E-state index in [1.807, 2.05) is 0 Å². The summed E-state index contributed by atoms with van der Waals surface area (Å²) >= 11 is 6.41. The maximum absolute atomic E-state index is 12.0. The minimum atomic E-state index is -0.368. The summed E-state index contributed by atoms with van der Waals surface area (Å²) in [6, 6.07) is 6.39. The number of rotatable bonds is 8. The third-order valence-corrected chi connectivity index (χ3v) is 5.02. The molecule has 0 heterocycles. The van der Waals surface area contributed by atoms with Crippen LogP contribution in [-0.4, -0.2) is 36.0 Å². The number of halogens is 2. The number of phenolic OH excluding ortho intramolecular Hbond substituents is 2. The van der Waals surface area contributed by atoms with Gasteiger partial charge >= 0.3 is 0 Å². The van der Waals surface area contributed by atoms with Gasteiger partial charge in [-0.15, -0.1) is 0 Å². The van der Waals surface area contributed by atoms with Crippen molar-refractivity contribution in [2.75, 3.05) is 14.2 Å². The van der Waals surface area contributed by atoms with Crippen LogP contribution in [0.5, 0.6) is 23.0 Å². The lowest BCUT2D eigenvalue weighted by Gasteiger charge is -2.06. The summed E-state index contributed by atoms with van der Waals surface area (Å²) in [6.07, 6.45) is 5.37. The van der Waals surface area contributed by atoms with E-state index in [0.717, 1.165) is 0 Å². The summed E-state index contributed by atoms with van der Waals surface area (Å²) in [4.78, 5) is 24.1. The molecule has 0 spiro atoms.